The van der Waals surface area contributed by atoms with E-state index in [1.807, 2.05) is 48.7 Å². The Labute approximate surface area is 195 Å². The number of thiophene rings is 1. The van der Waals surface area contributed by atoms with Crippen LogP contribution in [0, 0.1) is 4.77 Å². The number of carbonyl (C=O) groups excluding carboxylic acids is 1. The van der Waals surface area contributed by atoms with Gasteiger partial charge in [-0.3, -0.25) is 19.4 Å². The molecule has 0 radical (unpaired) electrons. The van der Waals surface area contributed by atoms with Crippen LogP contribution in [-0.4, -0.2) is 58.4 Å². The maximum Gasteiger partial charge on any atom is 0.243 e. The molecular weight excluding hydrogens is 454 g/mol. The van der Waals surface area contributed by atoms with Crippen LogP contribution in [0.25, 0.3) is 10.7 Å². The molecule has 164 valence electrons. The predicted molar refractivity (Wildman–Crippen MR) is 125 cm³/mol. The molecule has 1 amide bonds. The molecule has 4 rings (SSSR count). The number of rotatable bonds is 7. The summed E-state index contributed by atoms with van der Waals surface area (Å²) < 4.78 is 7.70. The Bertz CT molecular complexity index is 1060. The van der Waals surface area contributed by atoms with Gasteiger partial charge in [0.2, 0.25) is 5.91 Å². The molecule has 31 heavy (non-hydrogen) atoms. The first-order valence-electron chi connectivity index (χ1n) is 10.1. The van der Waals surface area contributed by atoms with Crippen molar-refractivity contribution in [1.29, 1.82) is 0 Å². The van der Waals surface area contributed by atoms with Crippen LogP contribution in [0.1, 0.15) is 24.6 Å². The monoisotopic (exact) mass is 477 g/mol. The van der Waals surface area contributed by atoms with Crippen LogP contribution in [0.2, 0.25) is 5.02 Å². The lowest BCUT2D eigenvalue weighted by Crippen LogP contribution is -2.44. The third-order valence-corrected chi connectivity index (χ3v) is 6.83. The predicted octanol–water partition coefficient (Wildman–Crippen LogP) is 4.07. The van der Waals surface area contributed by atoms with Crippen molar-refractivity contribution in [3.63, 3.8) is 0 Å². The molecule has 7 nitrogen and oxygen atoms in total. The number of nitrogens with zero attached hydrogens (tertiary/aromatic N) is 3. The van der Waals surface area contributed by atoms with Crippen LogP contribution in [0.5, 0.6) is 0 Å². The summed E-state index contributed by atoms with van der Waals surface area (Å²) in [5.74, 6) is 0.563. The average Bonchev–Trinajstić information content (AvgIpc) is 3.45. The van der Waals surface area contributed by atoms with Gasteiger partial charge in [0.25, 0.3) is 0 Å². The number of benzene rings is 1. The van der Waals surface area contributed by atoms with Crippen molar-refractivity contribution < 1.29 is 9.53 Å². The van der Waals surface area contributed by atoms with Crippen LogP contribution in [0.4, 0.5) is 0 Å². The standard InChI is InChI=1S/C21H24ClN5O2S2/c1-14(27-19(24-25-21(27)30)18-3-2-12-31-18)20(28)23-13-17(26-8-10-29-11-9-26)15-4-6-16(22)7-5-15/h2-7,12,14,17H,8-11,13H2,1H3,(H,23,28)(H,25,30). The van der Waals surface area contributed by atoms with Gasteiger partial charge in [-0.1, -0.05) is 29.8 Å². The normalized spacial score (nSPS) is 16.7. The molecule has 1 aromatic carbocycles. The van der Waals surface area contributed by atoms with E-state index in [0.717, 1.165) is 23.5 Å². The van der Waals surface area contributed by atoms with Gasteiger partial charge in [0, 0.05) is 24.7 Å². The summed E-state index contributed by atoms with van der Waals surface area (Å²) in [6.45, 7) is 5.31. The Hall–Kier alpha value is -2.04. The van der Waals surface area contributed by atoms with Crippen LogP contribution in [0.3, 0.4) is 0 Å². The first kappa shape index (κ1) is 22.2. The Kier molecular flexibility index (Phi) is 7.19. The van der Waals surface area contributed by atoms with Crippen molar-refractivity contribution in [2.75, 3.05) is 32.8 Å². The largest absolute Gasteiger partial charge is 0.379 e. The molecule has 1 aliphatic rings. The Morgan fingerprint density at radius 2 is 2.06 bits per heavy atom. The summed E-state index contributed by atoms with van der Waals surface area (Å²) in [4.78, 5) is 16.4. The molecule has 0 spiro atoms. The lowest BCUT2D eigenvalue weighted by atomic mass is 10.0. The van der Waals surface area contributed by atoms with Crippen molar-refractivity contribution in [3.8, 4) is 10.7 Å². The van der Waals surface area contributed by atoms with E-state index >= 15 is 0 Å². The molecular formula is C21H24ClN5O2S2. The minimum Gasteiger partial charge on any atom is -0.379 e. The van der Waals surface area contributed by atoms with Crippen molar-refractivity contribution in [2.24, 2.45) is 0 Å². The number of ether oxygens (including phenoxy) is 1. The van der Waals surface area contributed by atoms with Crippen molar-refractivity contribution >= 4 is 41.1 Å². The van der Waals surface area contributed by atoms with E-state index in [1.165, 1.54) is 0 Å². The first-order valence-corrected chi connectivity index (χ1v) is 11.8. The fourth-order valence-corrected chi connectivity index (χ4v) is 4.86. The van der Waals surface area contributed by atoms with Crippen LogP contribution < -0.4 is 5.32 Å². The number of amides is 1. The highest BCUT2D eigenvalue weighted by atomic mass is 35.5. The zero-order valence-corrected chi connectivity index (χ0v) is 19.5. The second kappa shape index (κ2) is 10.1. The summed E-state index contributed by atoms with van der Waals surface area (Å²) in [6.07, 6.45) is 0. The third kappa shape index (κ3) is 5.07. The Balaban J connectivity index is 1.51. The number of H-pyrrole nitrogens is 1. The highest BCUT2D eigenvalue weighted by Crippen LogP contribution is 2.26. The molecule has 2 atom stereocenters. The number of morpholine rings is 1. The van der Waals surface area contributed by atoms with Crippen LogP contribution in [0.15, 0.2) is 41.8 Å². The summed E-state index contributed by atoms with van der Waals surface area (Å²) >= 11 is 13.0. The zero-order chi connectivity index (χ0) is 21.8. The molecule has 0 bridgehead atoms. The van der Waals surface area contributed by atoms with E-state index in [9.17, 15) is 4.79 Å². The van der Waals surface area contributed by atoms with Gasteiger partial charge in [-0.2, -0.15) is 5.10 Å². The molecule has 3 aromatic rings. The van der Waals surface area contributed by atoms with E-state index in [2.05, 4.69) is 20.4 Å². The molecule has 2 unspecified atom stereocenters. The number of nitrogens with one attached hydrogen (secondary N) is 2. The molecule has 0 aliphatic carbocycles. The topological polar surface area (TPSA) is 75.2 Å². The summed E-state index contributed by atoms with van der Waals surface area (Å²) in [7, 11) is 0. The van der Waals surface area contributed by atoms with Gasteiger partial charge in [0.15, 0.2) is 10.6 Å². The smallest absolute Gasteiger partial charge is 0.243 e. The molecule has 1 saturated heterocycles. The molecule has 3 heterocycles. The fraction of sp³-hybridized carbons (Fsp3) is 0.381. The molecule has 1 aliphatic heterocycles. The van der Waals surface area contributed by atoms with Gasteiger partial charge in [-0.05, 0) is 48.3 Å². The Morgan fingerprint density at radius 3 is 2.74 bits per heavy atom. The van der Waals surface area contributed by atoms with E-state index in [1.54, 1.807) is 15.9 Å². The number of aromatic amines is 1. The van der Waals surface area contributed by atoms with Gasteiger partial charge in [0.1, 0.15) is 6.04 Å². The van der Waals surface area contributed by atoms with Gasteiger partial charge < -0.3 is 10.1 Å². The summed E-state index contributed by atoms with van der Waals surface area (Å²) in [5, 5.41) is 12.9. The maximum atomic E-state index is 13.1. The van der Waals surface area contributed by atoms with Gasteiger partial charge in [-0.15, -0.1) is 11.3 Å². The number of hydrogen-bond acceptors (Lipinski definition) is 6. The molecule has 0 saturated carbocycles. The number of hydrogen-bond donors (Lipinski definition) is 2. The molecule has 2 N–H and O–H groups in total. The van der Waals surface area contributed by atoms with E-state index in [-0.39, 0.29) is 11.9 Å². The van der Waals surface area contributed by atoms with Gasteiger partial charge in [-0.25, -0.2) is 0 Å². The zero-order valence-electron chi connectivity index (χ0n) is 17.1. The fourth-order valence-electron chi connectivity index (χ4n) is 3.74. The quantitative estimate of drug-likeness (QED) is 0.502. The van der Waals surface area contributed by atoms with E-state index in [0.29, 0.717) is 35.4 Å². The third-order valence-electron chi connectivity index (χ3n) is 5.42. The maximum absolute atomic E-state index is 13.1. The second-order valence-corrected chi connectivity index (χ2v) is 9.11. The second-order valence-electron chi connectivity index (χ2n) is 7.34. The minimum atomic E-state index is -0.501. The highest BCUT2D eigenvalue weighted by molar-refractivity contribution is 7.71. The SMILES string of the molecule is CC(C(=O)NCC(c1ccc(Cl)cc1)N1CCOCC1)n1c(-c2cccs2)n[nH]c1=S. The van der Waals surface area contributed by atoms with E-state index in [4.69, 9.17) is 28.6 Å². The van der Waals surface area contributed by atoms with E-state index < -0.39 is 6.04 Å². The van der Waals surface area contributed by atoms with Gasteiger partial charge in [0.05, 0.1) is 24.1 Å². The molecule has 10 heteroatoms. The average molecular weight is 478 g/mol. The number of aromatic nitrogens is 3. The van der Waals surface area contributed by atoms with Crippen molar-refractivity contribution in [1.82, 2.24) is 25.0 Å². The summed E-state index contributed by atoms with van der Waals surface area (Å²) in [5.41, 5.74) is 1.11. The van der Waals surface area contributed by atoms with Crippen LogP contribution >= 0.6 is 35.2 Å². The summed E-state index contributed by atoms with van der Waals surface area (Å²) in [6, 6.07) is 11.2. The lowest BCUT2D eigenvalue weighted by molar-refractivity contribution is -0.124. The molecule has 2 aromatic heterocycles. The van der Waals surface area contributed by atoms with Crippen LogP contribution in [-0.2, 0) is 9.53 Å². The minimum absolute atomic E-state index is 0.0337. The van der Waals surface area contributed by atoms with Crippen molar-refractivity contribution in [2.45, 2.75) is 19.0 Å². The number of carbonyl (C=O) groups is 1. The highest BCUT2D eigenvalue weighted by Gasteiger charge is 2.26. The van der Waals surface area contributed by atoms with Gasteiger partial charge >= 0.3 is 0 Å². The molecule has 1 fully saturated rings. The Morgan fingerprint density at radius 1 is 1.32 bits per heavy atom. The lowest BCUT2D eigenvalue weighted by Gasteiger charge is -2.35. The van der Waals surface area contributed by atoms with Crippen molar-refractivity contribution in [3.05, 3.63) is 57.1 Å². The first-order chi connectivity index (χ1) is 15.0. The number of halogens is 1.